The van der Waals surface area contributed by atoms with Gasteiger partial charge in [-0.15, -0.1) is 11.3 Å². The van der Waals surface area contributed by atoms with Crippen LogP contribution >= 0.6 is 11.3 Å². The third kappa shape index (κ3) is 3.55. The summed E-state index contributed by atoms with van der Waals surface area (Å²) < 4.78 is 0. The molecule has 0 fully saturated rings. The van der Waals surface area contributed by atoms with Gasteiger partial charge in [-0.05, 0) is 25.0 Å². The van der Waals surface area contributed by atoms with Crippen LogP contribution in [0.5, 0.6) is 0 Å². The van der Waals surface area contributed by atoms with Gasteiger partial charge in [0, 0.05) is 24.4 Å². The van der Waals surface area contributed by atoms with Crippen LogP contribution in [-0.4, -0.2) is 11.0 Å². The van der Waals surface area contributed by atoms with Crippen molar-refractivity contribution in [3.8, 4) is 0 Å². The molecule has 96 valence electrons. The minimum Gasteiger partial charge on any atom is -0.357 e. The average molecular weight is 261 g/mol. The fourth-order valence-corrected chi connectivity index (χ4v) is 2.51. The molecule has 0 saturated carbocycles. The number of nitrogens with one attached hydrogen (secondary N) is 1. The highest BCUT2D eigenvalue weighted by Crippen LogP contribution is 2.18. The number of benzene rings is 1. The molecule has 2 aromatic rings. The summed E-state index contributed by atoms with van der Waals surface area (Å²) in [4.78, 5) is 4.52. The van der Waals surface area contributed by atoms with E-state index in [-0.39, 0.29) is 6.04 Å². The minimum absolute atomic E-state index is 0.163. The minimum atomic E-state index is 0.163. The quantitative estimate of drug-likeness (QED) is 0.870. The maximum Gasteiger partial charge on any atom is 0.183 e. The number of hydrogen-bond acceptors (Lipinski definition) is 4. The third-order valence-corrected chi connectivity index (χ3v) is 3.62. The van der Waals surface area contributed by atoms with E-state index in [1.54, 1.807) is 11.3 Å². The maximum absolute atomic E-state index is 5.76. The first kappa shape index (κ1) is 13.1. The summed E-state index contributed by atoms with van der Waals surface area (Å²) in [6.45, 7) is 4.94. The zero-order chi connectivity index (χ0) is 13.0. The highest BCUT2D eigenvalue weighted by atomic mass is 32.1. The number of aryl methyl sites for hydroxylation is 1. The first-order chi connectivity index (χ1) is 8.65. The Kier molecular flexibility index (Phi) is 4.33. The van der Waals surface area contributed by atoms with Crippen molar-refractivity contribution >= 4 is 16.5 Å². The largest absolute Gasteiger partial charge is 0.357 e. The van der Waals surface area contributed by atoms with Gasteiger partial charge in [-0.25, -0.2) is 4.98 Å². The number of rotatable bonds is 5. The SMILES string of the molecule is Cc1ccccc1CNc1nc(CC(C)N)cs1. The van der Waals surface area contributed by atoms with Gasteiger partial charge >= 0.3 is 0 Å². The highest BCUT2D eigenvalue weighted by Gasteiger charge is 2.04. The Morgan fingerprint density at radius 1 is 1.39 bits per heavy atom. The van der Waals surface area contributed by atoms with Gasteiger partial charge in [0.2, 0.25) is 0 Å². The maximum atomic E-state index is 5.76. The molecule has 0 aliphatic rings. The van der Waals surface area contributed by atoms with E-state index in [0.717, 1.165) is 23.8 Å². The van der Waals surface area contributed by atoms with E-state index in [4.69, 9.17) is 5.73 Å². The van der Waals surface area contributed by atoms with E-state index in [0.29, 0.717) is 0 Å². The number of thiazole rings is 1. The second kappa shape index (κ2) is 5.98. The van der Waals surface area contributed by atoms with Crippen molar-refractivity contribution < 1.29 is 0 Å². The molecule has 0 bridgehead atoms. The van der Waals surface area contributed by atoms with Crippen LogP contribution in [0, 0.1) is 6.92 Å². The van der Waals surface area contributed by atoms with Gasteiger partial charge in [0.1, 0.15) is 0 Å². The van der Waals surface area contributed by atoms with Crippen molar-refractivity contribution in [1.29, 1.82) is 0 Å². The third-order valence-electron chi connectivity index (χ3n) is 2.77. The molecule has 1 atom stereocenters. The van der Waals surface area contributed by atoms with Gasteiger partial charge in [0.05, 0.1) is 5.69 Å². The lowest BCUT2D eigenvalue weighted by Gasteiger charge is -2.06. The molecular weight excluding hydrogens is 242 g/mol. The van der Waals surface area contributed by atoms with Crippen molar-refractivity contribution in [1.82, 2.24) is 4.98 Å². The van der Waals surface area contributed by atoms with E-state index >= 15 is 0 Å². The summed E-state index contributed by atoms with van der Waals surface area (Å²) >= 11 is 1.64. The van der Waals surface area contributed by atoms with E-state index in [2.05, 4.69) is 46.9 Å². The molecule has 3 nitrogen and oxygen atoms in total. The first-order valence-corrected chi connectivity index (χ1v) is 7.01. The molecule has 0 amide bonds. The van der Waals surface area contributed by atoms with Gasteiger partial charge in [-0.2, -0.15) is 0 Å². The molecule has 1 unspecified atom stereocenters. The molecule has 1 aromatic heterocycles. The second-order valence-electron chi connectivity index (χ2n) is 4.61. The lowest BCUT2D eigenvalue weighted by atomic mass is 10.1. The molecule has 1 heterocycles. The summed E-state index contributed by atoms with van der Waals surface area (Å²) in [6, 6.07) is 8.55. The molecule has 0 saturated heterocycles. The molecule has 0 radical (unpaired) electrons. The van der Waals surface area contributed by atoms with E-state index in [1.807, 2.05) is 6.92 Å². The van der Waals surface area contributed by atoms with Crippen molar-refractivity contribution in [3.63, 3.8) is 0 Å². The van der Waals surface area contributed by atoms with Gasteiger partial charge < -0.3 is 11.1 Å². The van der Waals surface area contributed by atoms with Crippen LogP contribution in [-0.2, 0) is 13.0 Å². The molecule has 0 spiro atoms. The van der Waals surface area contributed by atoms with E-state index < -0.39 is 0 Å². The predicted molar refractivity (Wildman–Crippen MR) is 78.0 cm³/mol. The molecule has 3 N–H and O–H groups in total. The zero-order valence-corrected chi connectivity index (χ0v) is 11.6. The summed E-state index contributed by atoms with van der Waals surface area (Å²) in [5.74, 6) is 0. The van der Waals surface area contributed by atoms with Crippen molar-refractivity contribution in [2.45, 2.75) is 32.9 Å². The molecule has 18 heavy (non-hydrogen) atoms. The summed E-state index contributed by atoms with van der Waals surface area (Å²) in [7, 11) is 0. The highest BCUT2D eigenvalue weighted by molar-refractivity contribution is 7.13. The summed E-state index contributed by atoms with van der Waals surface area (Å²) in [6.07, 6.45) is 0.836. The average Bonchev–Trinajstić information content (AvgIpc) is 2.75. The normalized spacial score (nSPS) is 12.4. The van der Waals surface area contributed by atoms with Crippen LogP contribution in [0.4, 0.5) is 5.13 Å². The first-order valence-electron chi connectivity index (χ1n) is 6.13. The van der Waals surface area contributed by atoms with Crippen LogP contribution in [0.1, 0.15) is 23.7 Å². The topological polar surface area (TPSA) is 50.9 Å². The van der Waals surface area contributed by atoms with Crippen molar-refractivity contribution in [2.75, 3.05) is 5.32 Å². The van der Waals surface area contributed by atoms with Gasteiger partial charge in [0.15, 0.2) is 5.13 Å². The molecule has 4 heteroatoms. The molecule has 1 aromatic carbocycles. The summed E-state index contributed by atoms with van der Waals surface area (Å²) in [5, 5.41) is 6.40. The Hall–Kier alpha value is -1.39. The molecule has 2 rings (SSSR count). The molecule has 0 aliphatic heterocycles. The van der Waals surface area contributed by atoms with Gasteiger partial charge in [-0.3, -0.25) is 0 Å². The van der Waals surface area contributed by atoms with Crippen LogP contribution in [0.3, 0.4) is 0 Å². The smallest absolute Gasteiger partial charge is 0.183 e. The fraction of sp³-hybridized carbons (Fsp3) is 0.357. The van der Waals surface area contributed by atoms with Crippen LogP contribution < -0.4 is 11.1 Å². The van der Waals surface area contributed by atoms with Gasteiger partial charge in [-0.1, -0.05) is 24.3 Å². The number of anilines is 1. The predicted octanol–water partition coefficient (Wildman–Crippen LogP) is 2.95. The Morgan fingerprint density at radius 3 is 2.89 bits per heavy atom. The number of hydrogen-bond donors (Lipinski definition) is 2. The zero-order valence-electron chi connectivity index (χ0n) is 10.8. The fourth-order valence-electron chi connectivity index (χ4n) is 1.79. The Bertz CT molecular complexity index is 505. The number of nitrogens with zero attached hydrogens (tertiary/aromatic N) is 1. The van der Waals surface area contributed by atoms with E-state index in [9.17, 15) is 0 Å². The summed E-state index contributed by atoms with van der Waals surface area (Å²) in [5.41, 5.74) is 9.44. The standard InChI is InChI=1S/C14H19N3S/c1-10-5-3-4-6-12(10)8-16-14-17-13(9-18-14)7-11(2)15/h3-6,9,11H,7-8,15H2,1-2H3,(H,16,17). The number of nitrogens with two attached hydrogens (primary N) is 1. The van der Waals surface area contributed by atoms with E-state index in [1.165, 1.54) is 11.1 Å². The van der Waals surface area contributed by atoms with Crippen molar-refractivity contribution in [2.24, 2.45) is 5.73 Å². The number of aromatic nitrogens is 1. The lowest BCUT2D eigenvalue weighted by molar-refractivity contribution is 0.726. The second-order valence-corrected chi connectivity index (χ2v) is 5.46. The van der Waals surface area contributed by atoms with Crippen molar-refractivity contribution in [3.05, 3.63) is 46.5 Å². The van der Waals surface area contributed by atoms with Crippen LogP contribution in [0.25, 0.3) is 0 Å². The Balaban J connectivity index is 1.94. The Labute approximate surface area is 112 Å². The molecule has 0 aliphatic carbocycles. The molecular formula is C14H19N3S. The van der Waals surface area contributed by atoms with Gasteiger partial charge in [0.25, 0.3) is 0 Å². The van der Waals surface area contributed by atoms with Crippen LogP contribution in [0.15, 0.2) is 29.6 Å². The Morgan fingerprint density at radius 2 is 2.17 bits per heavy atom. The monoisotopic (exact) mass is 261 g/mol. The lowest BCUT2D eigenvalue weighted by Crippen LogP contribution is -2.17. The van der Waals surface area contributed by atoms with Crippen LogP contribution in [0.2, 0.25) is 0 Å².